The van der Waals surface area contributed by atoms with Gasteiger partial charge in [0.2, 0.25) is 0 Å². The Morgan fingerprint density at radius 2 is 2.17 bits per heavy atom. The zero-order chi connectivity index (χ0) is 8.27. The Labute approximate surface area is 76.2 Å². The molecule has 0 fully saturated rings. The van der Waals surface area contributed by atoms with Crippen LogP contribution >= 0.6 is 12.4 Å². The van der Waals surface area contributed by atoms with Gasteiger partial charge in [0.25, 0.3) is 0 Å². The van der Waals surface area contributed by atoms with Crippen molar-refractivity contribution < 1.29 is 4.39 Å². The van der Waals surface area contributed by atoms with Gasteiger partial charge in [-0.1, -0.05) is 0 Å². The van der Waals surface area contributed by atoms with Gasteiger partial charge in [-0.05, 0) is 18.2 Å². The molecule has 1 rings (SSSR count). The summed E-state index contributed by atoms with van der Waals surface area (Å²) in [6.45, 7) is 0.126. The van der Waals surface area contributed by atoms with Crippen LogP contribution in [0.4, 0.5) is 4.39 Å². The standard InChI is InChI=1S/C8H7FN2.ClH/c9-8-2-1-6(4-10)3-7(8)5-11;/h1-3H,5,11H2;1H. The first-order valence-electron chi connectivity index (χ1n) is 3.16. The highest BCUT2D eigenvalue weighted by Gasteiger charge is 1.99. The largest absolute Gasteiger partial charge is 0.326 e. The Morgan fingerprint density at radius 1 is 1.50 bits per heavy atom. The minimum absolute atomic E-state index is 0. The lowest BCUT2D eigenvalue weighted by atomic mass is 10.1. The zero-order valence-electron chi connectivity index (χ0n) is 6.25. The number of rotatable bonds is 1. The SMILES string of the molecule is Cl.N#Cc1ccc(F)c(CN)c1. The van der Waals surface area contributed by atoms with Crippen LogP contribution in [-0.4, -0.2) is 0 Å². The molecule has 2 N–H and O–H groups in total. The van der Waals surface area contributed by atoms with Crippen molar-refractivity contribution in [3.63, 3.8) is 0 Å². The quantitative estimate of drug-likeness (QED) is 0.724. The van der Waals surface area contributed by atoms with Crippen molar-refractivity contribution >= 4 is 12.4 Å². The maximum absolute atomic E-state index is 12.7. The van der Waals surface area contributed by atoms with Crippen LogP contribution in [0, 0.1) is 17.1 Å². The predicted octanol–water partition coefficient (Wildman–Crippen LogP) is 1.58. The van der Waals surface area contributed by atoms with E-state index >= 15 is 0 Å². The Hall–Kier alpha value is -1.11. The first-order valence-corrected chi connectivity index (χ1v) is 3.16. The van der Waals surface area contributed by atoms with Crippen LogP contribution in [-0.2, 0) is 6.54 Å². The second kappa shape index (κ2) is 4.70. The molecule has 0 heterocycles. The summed E-state index contributed by atoms with van der Waals surface area (Å²) in [5.41, 5.74) is 6.04. The van der Waals surface area contributed by atoms with Crippen LogP contribution in [0.3, 0.4) is 0 Å². The second-order valence-electron chi connectivity index (χ2n) is 2.12. The van der Waals surface area contributed by atoms with E-state index in [1.165, 1.54) is 18.2 Å². The second-order valence-corrected chi connectivity index (χ2v) is 2.12. The molecular weight excluding hydrogens is 179 g/mol. The minimum atomic E-state index is -0.355. The molecule has 0 aliphatic carbocycles. The summed E-state index contributed by atoms with van der Waals surface area (Å²) in [7, 11) is 0. The Morgan fingerprint density at radius 3 is 2.67 bits per heavy atom. The highest BCUT2D eigenvalue weighted by molar-refractivity contribution is 5.85. The maximum Gasteiger partial charge on any atom is 0.127 e. The van der Waals surface area contributed by atoms with E-state index in [9.17, 15) is 4.39 Å². The fourth-order valence-corrected chi connectivity index (χ4v) is 0.801. The summed E-state index contributed by atoms with van der Waals surface area (Å²) >= 11 is 0. The third kappa shape index (κ3) is 2.19. The lowest BCUT2D eigenvalue weighted by Crippen LogP contribution is -1.99. The molecule has 4 heteroatoms. The molecule has 0 spiro atoms. The van der Waals surface area contributed by atoms with Gasteiger partial charge in [0.1, 0.15) is 5.82 Å². The van der Waals surface area contributed by atoms with Gasteiger partial charge < -0.3 is 5.73 Å². The van der Waals surface area contributed by atoms with Crippen molar-refractivity contribution in [2.45, 2.75) is 6.54 Å². The summed E-state index contributed by atoms with van der Waals surface area (Å²) < 4.78 is 12.7. The molecule has 2 nitrogen and oxygen atoms in total. The number of nitrogens with zero attached hydrogens (tertiary/aromatic N) is 1. The molecule has 1 aromatic rings. The molecule has 0 atom stereocenters. The average molecular weight is 187 g/mol. The van der Waals surface area contributed by atoms with Crippen molar-refractivity contribution in [3.05, 3.63) is 35.1 Å². The van der Waals surface area contributed by atoms with Crippen LogP contribution in [0.5, 0.6) is 0 Å². The van der Waals surface area contributed by atoms with Gasteiger partial charge in [-0.25, -0.2) is 4.39 Å². The highest BCUT2D eigenvalue weighted by atomic mass is 35.5. The minimum Gasteiger partial charge on any atom is -0.326 e. The van der Waals surface area contributed by atoms with E-state index in [4.69, 9.17) is 11.0 Å². The Bertz CT molecular complexity index is 306. The van der Waals surface area contributed by atoms with Crippen LogP contribution in [0.15, 0.2) is 18.2 Å². The van der Waals surface area contributed by atoms with Gasteiger partial charge >= 0.3 is 0 Å². The molecule has 0 bridgehead atoms. The summed E-state index contributed by atoms with van der Waals surface area (Å²) in [6, 6.07) is 6.04. The van der Waals surface area contributed by atoms with Crippen molar-refractivity contribution in [1.82, 2.24) is 0 Å². The van der Waals surface area contributed by atoms with Gasteiger partial charge in [0, 0.05) is 12.1 Å². The molecule has 0 amide bonds. The molecule has 0 aliphatic rings. The summed E-state index contributed by atoms with van der Waals surface area (Å²) in [5, 5.41) is 8.44. The van der Waals surface area contributed by atoms with E-state index < -0.39 is 0 Å². The van der Waals surface area contributed by atoms with Crippen molar-refractivity contribution in [3.8, 4) is 6.07 Å². The molecule has 0 aliphatic heterocycles. The van der Waals surface area contributed by atoms with Gasteiger partial charge in [0.05, 0.1) is 11.6 Å². The normalized spacial score (nSPS) is 8.42. The number of nitriles is 1. The lowest BCUT2D eigenvalue weighted by molar-refractivity contribution is 0.610. The van der Waals surface area contributed by atoms with Crippen LogP contribution < -0.4 is 5.73 Å². The van der Waals surface area contributed by atoms with Crippen molar-refractivity contribution in [2.24, 2.45) is 5.73 Å². The zero-order valence-corrected chi connectivity index (χ0v) is 7.07. The molecule has 0 radical (unpaired) electrons. The maximum atomic E-state index is 12.7. The molecular formula is C8H8ClFN2. The molecule has 0 saturated carbocycles. The fourth-order valence-electron chi connectivity index (χ4n) is 0.801. The van der Waals surface area contributed by atoms with E-state index in [0.29, 0.717) is 11.1 Å². The molecule has 12 heavy (non-hydrogen) atoms. The summed E-state index contributed by atoms with van der Waals surface area (Å²) in [4.78, 5) is 0. The summed E-state index contributed by atoms with van der Waals surface area (Å²) in [6.07, 6.45) is 0. The monoisotopic (exact) mass is 186 g/mol. The first kappa shape index (κ1) is 10.9. The number of hydrogen-bond donors (Lipinski definition) is 1. The van der Waals surface area contributed by atoms with Crippen LogP contribution in [0.1, 0.15) is 11.1 Å². The van der Waals surface area contributed by atoms with E-state index in [0.717, 1.165) is 0 Å². The molecule has 0 aromatic heterocycles. The Balaban J connectivity index is 0.00000121. The molecule has 1 aromatic carbocycles. The third-order valence-electron chi connectivity index (χ3n) is 1.39. The van der Waals surface area contributed by atoms with E-state index in [2.05, 4.69) is 0 Å². The topological polar surface area (TPSA) is 49.8 Å². The van der Waals surface area contributed by atoms with Gasteiger partial charge in [-0.15, -0.1) is 12.4 Å². The van der Waals surface area contributed by atoms with Crippen LogP contribution in [0.25, 0.3) is 0 Å². The van der Waals surface area contributed by atoms with E-state index in [1.807, 2.05) is 6.07 Å². The van der Waals surface area contributed by atoms with Gasteiger partial charge in [-0.3, -0.25) is 0 Å². The van der Waals surface area contributed by atoms with E-state index in [-0.39, 0.29) is 24.8 Å². The number of halogens is 2. The van der Waals surface area contributed by atoms with Crippen LogP contribution in [0.2, 0.25) is 0 Å². The lowest BCUT2D eigenvalue weighted by Gasteiger charge is -1.97. The van der Waals surface area contributed by atoms with Gasteiger partial charge in [0.15, 0.2) is 0 Å². The number of hydrogen-bond acceptors (Lipinski definition) is 2. The van der Waals surface area contributed by atoms with Crippen molar-refractivity contribution in [1.29, 1.82) is 5.26 Å². The number of nitrogens with two attached hydrogens (primary N) is 1. The highest BCUT2D eigenvalue weighted by Crippen LogP contribution is 2.08. The molecule has 0 saturated heterocycles. The molecule has 0 unspecified atom stereocenters. The third-order valence-corrected chi connectivity index (χ3v) is 1.39. The summed E-state index contributed by atoms with van der Waals surface area (Å²) in [5.74, 6) is -0.355. The van der Waals surface area contributed by atoms with Gasteiger partial charge in [-0.2, -0.15) is 5.26 Å². The molecule has 64 valence electrons. The number of benzene rings is 1. The fraction of sp³-hybridized carbons (Fsp3) is 0.125. The van der Waals surface area contributed by atoms with Crippen molar-refractivity contribution in [2.75, 3.05) is 0 Å². The predicted molar refractivity (Wildman–Crippen MR) is 46.3 cm³/mol. The van der Waals surface area contributed by atoms with E-state index in [1.54, 1.807) is 0 Å². The first-order chi connectivity index (χ1) is 5.27. The smallest absolute Gasteiger partial charge is 0.127 e. The average Bonchev–Trinajstić information content (AvgIpc) is 2.05. The Kier molecular flexibility index (Phi) is 4.27.